The topological polar surface area (TPSA) is 116 Å². The summed E-state index contributed by atoms with van der Waals surface area (Å²) in [6.07, 6.45) is 0.952. The zero-order chi connectivity index (χ0) is 25.8. The average molecular weight is 522 g/mol. The molecule has 2 atom stereocenters. The van der Waals surface area contributed by atoms with Gasteiger partial charge in [0, 0.05) is 4.88 Å². The maximum Gasteiger partial charge on any atom is 0.341 e. The fraction of sp³-hybridized carbons (Fsp3) is 0.480. The SMILES string of the molecule is CCOC(=O)c1c(NC(=O)C(C)OC(=O)CCS(=O)(=O)c2ccc(C)cc2)sc2c1CCC(C)C2. The van der Waals surface area contributed by atoms with Gasteiger partial charge in [0.25, 0.3) is 5.91 Å². The van der Waals surface area contributed by atoms with Crippen LogP contribution in [0.25, 0.3) is 0 Å². The lowest BCUT2D eigenvalue weighted by atomic mass is 9.88. The van der Waals surface area contributed by atoms with Crippen molar-refractivity contribution in [3.63, 3.8) is 0 Å². The smallest absolute Gasteiger partial charge is 0.341 e. The Morgan fingerprint density at radius 3 is 2.54 bits per heavy atom. The molecule has 1 aromatic carbocycles. The number of rotatable bonds is 9. The molecule has 0 bridgehead atoms. The normalized spacial score (nSPS) is 16.2. The molecule has 1 aliphatic carbocycles. The molecule has 0 radical (unpaired) electrons. The van der Waals surface area contributed by atoms with Gasteiger partial charge in [-0.3, -0.25) is 9.59 Å². The first-order chi connectivity index (χ1) is 16.5. The summed E-state index contributed by atoms with van der Waals surface area (Å²) in [7, 11) is -3.65. The Kier molecular flexibility index (Phi) is 8.71. The number of thiophene rings is 1. The maximum atomic E-state index is 12.8. The van der Waals surface area contributed by atoms with Crippen LogP contribution >= 0.6 is 11.3 Å². The summed E-state index contributed by atoms with van der Waals surface area (Å²) in [5.74, 6) is -1.83. The molecular weight excluding hydrogens is 490 g/mol. The summed E-state index contributed by atoms with van der Waals surface area (Å²) in [6, 6.07) is 6.36. The summed E-state index contributed by atoms with van der Waals surface area (Å²) >= 11 is 1.34. The molecule has 0 saturated carbocycles. The van der Waals surface area contributed by atoms with Crippen molar-refractivity contribution in [2.75, 3.05) is 17.7 Å². The largest absolute Gasteiger partial charge is 0.462 e. The van der Waals surface area contributed by atoms with E-state index in [4.69, 9.17) is 9.47 Å². The summed E-state index contributed by atoms with van der Waals surface area (Å²) in [6.45, 7) is 7.33. The third-order valence-electron chi connectivity index (χ3n) is 5.86. The van der Waals surface area contributed by atoms with Crippen molar-refractivity contribution in [3.8, 4) is 0 Å². The van der Waals surface area contributed by atoms with Crippen LogP contribution in [0.4, 0.5) is 5.00 Å². The number of sulfone groups is 1. The van der Waals surface area contributed by atoms with Crippen molar-refractivity contribution >= 4 is 44.0 Å². The predicted octanol–water partition coefficient (Wildman–Crippen LogP) is 4.09. The van der Waals surface area contributed by atoms with Gasteiger partial charge in [0.2, 0.25) is 0 Å². The number of hydrogen-bond acceptors (Lipinski definition) is 8. The Bertz CT molecular complexity index is 1200. The first-order valence-electron chi connectivity index (χ1n) is 11.6. The van der Waals surface area contributed by atoms with Crippen LogP contribution in [0.15, 0.2) is 29.2 Å². The van der Waals surface area contributed by atoms with E-state index in [9.17, 15) is 22.8 Å². The van der Waals surface area contributed by atoms with Crippen molar-refractivity contribution < 1.29 is 32.3 Å². The van der Waals surface area contributed by atoms with Gasteiger partial charge < -0.3 is 14.8 Å². The van der Waals surface area contributed by atoms with Gasteiger partial charge in [-0.05, 0) is 63.6 Å². The molecule has 8 nitrogen and oxygen atoms in total. The van der Waals surface area contributed by atoms with Gasteiger partial charge in [-0.1, -0.05) is 24.6 Å². The van der Waals surface area contributed by atoms with Crippen molar-refractivity contribution in [2.24, 2.45) is 5.92 Å². The first-order valence-corrected chi connectivity index (χ1v) is 14.1. The summed E-state index contributed by atoms with van der Waals surface area (Å²) < 4.78 is 35.3. The highest BCUT2D eigenvalue weighted by Gasteiger charge is 2.30. The summed E-state index contributed by atoms with van der Waals surface area (Å²) in [4.78, 5) is 38.8. The van der Waals surface area contributed by atoms with E-state index in [0.717, 1.165) is 35.3 Å². The van der Waals surface area contributed by atoms with E-state index in [1.165, 1.54) is 30.4 Å². The fourth-order valence-corrected chi connectivity index (χ4v) is 6.49. The molecule has 190 valence electrons. The average Bonchev–Trinajstić information content (AvgIpc) is 3.15. The van der Waals surface area contributed by atoms with E-state index < -0.39 is 39.5 Å². The Balaban J connectivity index is 1.63. The number of anilines is 1. The highest BCUT2D eigenvalue weighted by Crippen LogP contribution is 2.40. The third kappa shape index (κ3) is 6.70. The van der Waals surface area contributed by atoms with E-state index in [1.54, 1.807) is 19.1 Å². The number of hydrogen-bond donors (Lipinski definition) is 1. The molecular formula is C25H31NO7S2. The lowest BCUT2D eigenvalue weighted by Crippen LogP contribution is -2.30. The Morgan fingerprint density at radius 1 is 1.20 bits per heavy atom. The molecule has 1 heterocycles. The number of aryl methyl sites for hydroxylation is 1. The standard InChI is InChI=1S/C25H31NO7S2/c1-5-32-25(29)22-19-11-8-16(3)14-20(19)34-24(22)26-23(28)17(4)33-21(27)12-13-35(30,31)18-9-6-15(2)7-10-18/h6-7,9-10,16-17H,5,8,11-14H2,1-4H3,(H,26,28). The van der Waals surface area contributed by atoms with Crippen LogP contribution in [0, 0.1) is 12.8 Å². The summed E-state index contributed by atoms with van der Waals surface area (Å²) in [5, 5.41) is 3.10. The van der Waals surface area contributed by atoms with Crippen LogP contribution < -0.4 is 5.32 Å². The zero-order valence-corrected chi connectivity index (χ0v) is 22.0. The van der Waals surface area contributed by atoms with E-state index in [-0.39, 0.29) is 17.9 Å². The Hall–Kier alpha value is -2.72. The molecule has 0 aliphatic heterocycles. The molecule has 2 aromatic rings. The molecule has 0 saturated heterocycles. The predicted molar refractivity (Wildman–Crippen MR) is 133 cm³/mol. The van der Waals surface area contributed by atoms with Crippen LogP contribution in [-0.4, -0.2) is 44.7 Å². The van der Waals surface area contributed by atoms with Crippen molar-refractivity contribution in [1.29, 1.82) is 0 Å². The van der Waals surface area contributed by atoms with Crippen LogP contribution in [0.1, 0.15) is 60.0 Å². The van der Waals surface area contributed by atoms with Crippen molar-refractivity contribution in [1.82, 2.24) is 0 Å². The Morgan fingerprint density at radius 2 is 1.89 bits per heavy atom. The molecule has 3 rings (SSSR count). The number of carbonyl (C=O) groups excluding carboxylic acids is 3. The van der Waals surface area contributed by atoms with E-state index in [1.807, 2.05) is 6.92 Å². The lowest BCUT2D eigenvalue weighted by molar-refractivity contribution is -0.152. The first kappa shape index (κ1) is 26.9. The van der Waals surface area contributed by atoms with Crippen LogP contribution in [0.2, 0.25) is 0 Å². The highest BCUT2D eigenvalue weighted by atomic mass is 32.2. The number of ether oxygens (including phenoxy) is 2. The van der Waals surface area contributed by atoms with Gasteiger partial charge in [0.1, 0.15) is 5.00 Å². The van der Waals surface area contributed by atoms with Gasteiger partial charge in [-0.15, -0.1) is 11.3 Å². The van der Waals surface area contributed by atoms with Gasteiger partial charge in [0.05, 0.1) is 29.2 Å². The van der Waals surface area contributed by atoms with E-state index in [0.29, 0.717) is 16.5 Å². The van der Waals surface area contributed by atoms with Gasteiger partial charge in [-0.25, -0.2) is 13.2 Å². The fourth-order valence-electron chi connectivity index (χ4n) is 3.86. The minimum atomic E-state index is -3.65. The van der Waals surface area contributed by atoms with Gasteiger partial charge >= 0.3 is 11.9 Å². The molecule has 1 amide bonds. The molecule has 10 heteroatoms. The number of fused-ring (bicyclic) bond motifs is 1. The number of carbonyl (C=O) groups is 3. The Labute approximate surface area is 209 Å². The maximum absolute atomic E-state index is 12.8. The van der Waals surface area contributed by atoms with Crippen molar-refractivity contribution in [3.05, 3.63) is 45.8 Å². The molecule has 1 aliphatic rings. The van der Waals surface area contributed by atoms with Crippen LogP contribution in [0.3, 0.4) is 0 Å². The molecule has 1 N–H and O–H groups in total. The lowest BCUT2D eigenvalue weighted by Gasteiger charge is -2.18. The molecule has 2 unspecified atom stereocenters. The molecule has 1 aromatic heterocycles. The van der Waals surface area contributed by atoms with Crippen molar-refractivity contribution in [2.45, 2.75) is 64.4 Å². The zero-order valence-electron chi connectivity index (χ0n) is 20.4. The van der Waals surface area contributed by atoms with Gasteiger partial charge in [0.15, 0.2) is 15.9 Å². The van der Waals surface area contributed by atoms with Crippen LogP contribution in [0.5, 0.6) is 0 Å². The second kappa shape index (κ2) is 11.3. The monoisotopic (exact) mass is 521 g/mol. The molecule has 35 heavy (non-hydrogen) atoms. The second-order valence-corrected chi connectivity index (χ2v) is 12.0. The quantitative estimate of drug-likeness (QED) is 0.494. The number of amides is 1. The second-order valence-electron chi connectivity index (χ2n) is 8.78. The number of benzene rings is 1. The molecule has 0 spiro atoms. The third-order valence-corrected chi connectivity index (χ3v) is 8.76. The molecule has 0 fully saturated rings. The van der Waals surface area contributed by atoms with Crippen LogP contribution in [-0.2, 0) is 41.7 Å². The number of nitrogens with one attached hydrogen (secondary N) is 1. The van der Waals surface area contributed by atoms with E-state index >= 15 is 0 Å². The van der Waals surface area contributed by atoms with E-state index in [2.05, 4.69) is 12.2 Å². The van der Waals surface area contributed by atoms with Gasteiger partial charge in [-0.2, -0.15) is 0 Å². The minimum absolute atomic E-state index is 0.129. The highest BCUT2D eigenvalue weighted by molar-refractivity contribution is 7.91. The number of esters is 2. The minimum Gasteiger partial charge on any atom is -0.462 e. The summed E-state index contributed by atoms with van der Waals surface area (Å²) in [5.41, 5.74) is 2.21.